The molecule has 21 heavy (non-hydrogen) atoms. The molecule has 2 N–H and O–H groups in total. The highest BCUT2D eigenvalue weighted by Crippen LogP contribution is 2.50. The summed E-state index contributed by atoms with van der Waals surface area (Å²) in [5.74, 6) is 0.202. The van der Waals surface area contributed by atoms with Crippen LogP contribution in [0.1, 0.15) is 39.0 Å². The Morgan fingerprint density at radius 2 is 2.05 bits per heavy atom. The fourth-order valence-corrected chi connectivity index (χ4v) is 3.62. The molecule has 122 valence electrons. The van der Waals surface area contributed by atoms with Gasteiger partial charge in [-0.15, -0.1) is 12.4 Å². The highest BCUT2D eigenvalue weighted by Gasteiger charge is 2.56. The second-order valence-electron chi connectivity index (χ2n) is 6.46. The first-order valence-corrected chi connectivity index (χ1v) is 7.96. The van der Waals surface area contributed by atoms with Gasteiger partial charge in [-0.2, -0.15) is 0 Å². The maximum Gasteiger partial charge on any atom is 0.236 e. The first kappa shape index (κ1) is 17.0. The number of likely N-dealkylation sites (tertiary alicyclic amines) is 1. The molecule has 5 nitrogen and oxygen atoms in total. The van der Waals surface area contributed by atoms with Crippen LogP contribution in [0.3, 0.4) is 0 Å². The van der Waals surface area contributed by atoms with Crippen molar-refractivity contribution in [3.05, 3.63) is 0 Å². The van der Waals surface area contributed by atoms with Crippen LogP contribution in [0.5, 0.6) is 0 Å². The molecule has 1 spiro atoms. The van der Waals surface area contributed by atoms with E-state index in [1.54, 1.807) is 0 Å². The van der Waals surface area contributed by atoms with Crippen molar-refractivity contribution in [2.75, 3.05) is 26.2 Å². The van der Waals surface area contributed by atoms with E-state index >= 15 is 0 Å². The van der Waals surface area contributed by atoms with E-state index in [9.17, 15) is 9.90 Å². The van der Waals surface area contributed by atoms with Gasteiger partial charge < -0.3 is 20.1 Å². The van der Waals surface area contributed by atoms with Gasteiger partial charge in [-0.25, -0.2) is 0 Å². The Labute approximate surface area is 132 Å². The normalized spacial score (nSPS) is 30.7. The summed E-state index contributed by atoms with van der Waals surface area (Å²) in [4.78, 5) is 14.0. The maximum absolute atomic E-state index is 12.1. The molecule has 0 bridgehead atoms. The van der Waals surface area contributed by atoms with Crippen LogP contribution in [0, 0.1) is 5.41 Å². The number of hydrogen-bond donors (Lipinski definition) is 2. The molecule has 0 aromatic rings. The van der Waals surface area contributed by atoms with Gasteiger partial charge in [0.1, 0.15) is 0 Å². The van der Waals surface area contributed by atoms with Crippen LogP contribution >= 0.6 is 12.4 Å². The number of nitrogens with zero attached hydrogens (tertiary/aromatic N) is 1. The Morgan fingerprint density at radius 3 is 2.57 bits per heavy atom. The van der Waals surface area contributed by atoms with E-state index in [0.717, 1.165) is 32.4 Å². The Balaban J connectivity index is 0.00000161. The molecule has 1 heterocycles. The van der Waals surface area contributed by atoms with Crippen LogP contribution in [0.25, 0.3) is 0 Å². The van der Waals surface area contributed by atoms with Crippen molar-refractivity contribution in [2.45, 2.75) is 57.3 Å². The van der Waals surface area contributed by atoms with E-state index < -0.39 is 0 Å². The molecule has 0 aromatic heterocycles. The fraction of sp³-hybridized carbons (Fsp3) is 0.933. The minimum absolute atomic E-state index is 0. The molecule has 2 unspecified atom stereocenters. The van der Waals surface area contributed by atoms with Crippen LogP contribution in [-0.4, -0.2) is 60.4 Å². The Kier molecular flexibility index (Phi) is 5.52. The van der Waals surface area contributed by atoms with Crippen molar-refractivity contribution in [3.8, 4) is 0 Å². The number of amides is 1. The van der Waals surface area contributed by atoms with Crippen LogP contribution < -0.4 is 5.32 Å². The molecular weight excluding hydrogens is 292 g/mol. The molecule has 3 aliphatic rings. The van der Waals surface area contributed by atoms with E-state index in [1.165, 1.54) is 12.8 Å². The molecule has 2 saturated carbocycles. The largest absolute Gasteiger partial charge is 0.392 e. The average molecular weight is 319 g/mol. The molecule has 1 saturated heterocycles. The lowest BCUT2D eigenvalue weighted by Gasteiger charge is -2.56. The number of ether oxygens (including phenoxy) is 1. The number of carbonyl (C=O) groups excluding carboxylic acids is 1. The van der Waals surface area contributed by atoms with Crippen LogP contribution in [-0.2, 0) is 9.53 Å². The molecule has 2 aliphatic carbocycles. The predicted molar refractivity (Wildman–Crippen MR) is 82.6 cm³/mol. The van der Waals surface area contributed by atoms with E-state index in [2.05, 4.69) is 5.32 Å². The molecular formula is C15H27ClN2O3. The van der Waals surface area contributed by atoms with E-state index in [-0.39, 0.29) is 35.9 Å². The number of piperidine rings is 1. The van der Waals surface area contributed by atoms with Gasteiger partial charge in [0, 0.05) is 37.6 Å². The maximum atomic E-state index is 12.1. The van der Waals surface area contributed by atoms with Crippen molar-refractivity contribution in [1.29, 1.82) is 0 Å². The second kappa shape index (κ2) is 6.82. The van der Waals surface area contributed by atoms with Crippen LogP contribution in [0.15, 0.2) is 0 Å². The smallest absolute Gasteiger partial charge is 0.236 e. The lowest BCUT2D eigenvalue weighted by atomic mass is 9.58. The zero-order chi connectivity index (χ0) is 14.2. The molecule has 3 fully saturated rings. The van der Waals surface area contributed by atoms with E-state index in [1.807, 2.05) is 11.8 Å². The fourth-order valence-electron chi connectivity index (χ4n) is 3.62. The number of halogens is 1. The molecule has 1 amide bonds. The quantitative estimate of drug-likeness (QED) is 0.792. The summed E-state index contributed by atoms with van der Waals surface area (Å²) in [7, 11) is 0. The number of aliphatic hydroxyl groups is 1. The summed E-state index contributed by atoms with van der Waals surface area (Å²) < 4.78 is 5.75. The standard InChI is InChI=1S/C15H26N2O3.ClH/c1-2-20-13-9-12(18)15(13)5-7-17(8-6-15)14(19)10-16-11-3-4-11;/h11-13,16,18H,2-10H2,1H3;1H. The highest BCUT2D eigenvalue weighted by atomic mass is 35.5. The monoisotopic (exact) mass is 318 g/mol. The SMILES string of the molecule is CCOC1CC(O)C12CCN(C(=O)CNC1CC1)CC2.Cl. The van der Waals surface area contributed by atoms with Crippen molar-refractivity contribution >= 4 is 18.3 Å². The van der Waals surface area contributed by atoms with Gasteiger partial charge >= 0.3 is 0 Å². The average Bonchev–Trinajstić information content (AvgIpc) is 3.29. The Hall–Kier alpha value is -0.360. The first-order chi connectivity index (χ1) is 9.65. The summed E-state index contributed by atoms with van der Waals surface area (Å²) in [5, 5.41) is 13.4. The summed E-state index contributed by atoms with van der Waals surface area (Å²) in [6.45, 7) is 4.68. The van der Waals surface area contributed by atoms with Gasteiger partial charge in [0.25, 0.3) is 0 Å². The van der Waals surface area contributed by atoms with Crippen molar-refractivity contribution in [2.24, 2.45) is 5.41 Å². The minimum Gasteiger partial charge on any atom is -0.392 e. The first-order valence-electron chi connectivity index (χ1n) is 7.96. The van der Waals surface area contributed by atoms with Gasteiger partial charge in [-0.05, 0) is 32.6 Å². The molecule has 0 radical (unpaired) electrons. The van der Waals surface area contributed by atoms with Crippen LogP contribution in [0.4, 0.5) is 0 Å². The van der Waals surface area contributed by atoms with E-state index in [0.29, 0.717) is 19.2 Å². The summed E-state index contributed by atoms with van der Waals surface area (Å²) >= 11 is 0. The van der Waals surface area contributed by atoms with Gasteiger partial charge in [-0.1, -0.05) is 0 Å². The van der Waals surface area contributed by atoms with Gasteiger partial charge in [0.2, 0.25) is 5.91 Å². The molecule has 6 heteroatoms. The third-order valence-electron chi connectivity index (χ3n) is 5.28. The topological polar surface area (TPSA) is 61.8 Å². The number of carbonyl (C=O) groups is 1. The Morgan fingerprint density at radius 1 is 1.38 bits per heavy atom. The zero-order valence-electron chi connectivity index (χ0n) is 12.7. The van der Waals surface area contributed by atoms with Gasteiger partial charge in [0.05, 0.1) is 18.8 Å². The third-order valence-corrected chi connectivity index (χ3v) is 5.28. The van der Waals surface area contributed by atoms with Crippen LogP contribution in [0.2, 0.25) is 0 Å². The van der Waals surface area contributed by atoms with Gasteiger partial charge in [-0.3, -0.25) is 4.79 Å². The number of hydrogen-bond acceptors (Lipinski definition) is 4. The lowest BCUT2D eigenvalue weighted by Crippen LogP contribution is -2.63. The van der Waals surface area contributed by atoms with Crippen molar-refractivity contribution in [3.63, 3.8) is 0 Å². The molecule has 1 aliphatic heterocycles. The van der Waals surface area contributed by atoms with Crippen molar-refractivity contribution < 1.29 is 14.6 Å². The summed E-state index contributed by atoms with van der Waals surface area (Å²) in [6.07, 6.45) is 4.84. The van der Waals surface area contributed by atoms with E-state index in [4.69, 9.17) is 4.74 Å². The number of aliphatic hydroxyl groups excluding tert-OH is 1. The molecule has 3 rings (SSSR count). The summed E-state index contributed by atoms with van der Waals surface area (Å²) in [5.41, 5.74) is -0.0866. The summed E-state index contributed by atoms with van der Waals surface area (Å²) in [6, 6.07) is 0.575. The lowest BCUT2D eigenvalue weighted by molar-refractivity contribution is -0.209. The predicted octanol–water partition coefficient (Wildman–Crippen LogP) is 0.939. The van der Waals surface area contributed by atoms with Crippen molar-refractivity contribution in [1.82, 2.24) is 10.2 Å². The molecule has 0 aromatic carbocycles. The second-order valence-corrected chi connectivity index (χ2v) is 6.46. The van der Waals surface area contributed by atoms with Gasteiger partial charge in [0.15, 0.2) is 0 Å². The third kappa shape index (κ3) is 3.36. The number of rotatable bonds is 5. The zero-order valence-corrected chi connectivity index (χ0v) is 13.5. The highest BCUT2D eigenvalue weighted by molar-refractivity contribution is 5.85. The Bertz CT molecular complexity index is 366. The minimum atomic E-state index is -0.249. The molecule has 2 atom stereocenters. The number of nitrogens with one attached hydrogen (secondary N) is 1.